The topological polar surface area (TPSA) is 83.6 Å². The maximum Gasteiger partial charge on any atom is 0.224 e. The molecule has 2 unspecified atom stereocenters. The van der Waals surface area contributed by atoms with Crippen molar-refractivity contribution in [2.24, 2.45) is 17.8 Å². The first-order valence-corrected chi connectivity index (χ1v) is 5.36. The molecule has 2 aliphatic rings. The number of tetrazole rings is 1. The number of nitrogens with one attached hydrogen (secondary N) is 2. The lowest BCUT2D eigenvalue weighted by Crippen LogP contribution is -2.26. The maximum atomic E-state index is 11.7. The van der Waals surface area contributed by atoms with Crippen LogP contribution in [0, 0.1) is 17.8 Å². The van der Waals surface area contributed by atoms with Crippen LogP contribution in [0.4, 0.5) is 0 Å². The van der Waals surface area contributed by atoms with Gasteiger partial charge < -0.3 is 5.32 Å². The first-order valence-electron chi connectivity index (χ1n) is 5.36. The lowest BCUT2D eigenvalue weighted by Gasteiger charge is -2.03. The molecular formula is C9H13N5O. The van der Waals surface area contributed by atoms with Crippen molar-refractivity contribution in [3.63, 3.8) is 0 Å². The Hall–Kier alpha value is -1.46. The summed E-state index contributed by atoms with van der Waals surface area (Å²) in [5, 5.41) is 16.2. The van der Waals surface area contributed by atoms with Gasteiger partial charge in [0.25, 0.3) is 0 Å². The normalized spacial score (nSPS) is 32.4. The average Bonchev–Trinajstić information content (AvgIpc) is 2.72. The molecule has 1 amide bonds. The van der Waals surface area contributed by atoms with Crippen molar-refractivity contribution in [1.82, 2.24) is 25.9 Å². The quantitative estimate of drug-likeness (QED) is 0.722. The summed E-state index contributed by atoms with van der Waals surface area (Å²) in [6, 6.07) is 0. The van der Waals surface area contributed by atoms with E-state index in [1.54, 1.807) is 0 Å². The molecule has 0 saturated heterocycles. The van der Waals surface area contributed by atoms with E-state index >= 15 is 0 Å². The Morgan fingerprint density at radius 1 is 1.47 bits per heavy atom. The van der Waals surface area contributed by atoms with E-state index in [2.05, 4.69) is 25.9 Å². The molecule has 0 radical (unpaired) electrons. The zero-order valence-corrected chi connectivity index (χ0v) is 8.31. The van der Waals surface area contributed by atoms with Crippen LogP contribution in [-0.2, 0) is 11.3 Å². The van der Waals surface area contributed by atoms with E-state index in [1.807, 2.05) is 0 Å². The lowest BCUT2D eigenvalue weighted by molar-refractivity contribution is -0.123. The highest BCUT2D eigenvalue weighted by molar-refractivity contribution is 5.82. The molecule has 1 heterocycles. The molecule has 0 aliphatic heterocycles. The fourth-order valence-electron chi connectivity index (χ4n) is 2.75. The molecule has 2 N–H and O–H groups in total. The summed E-state index contributed by atoms with van der Waals surface area (Å²) in [4.78, 5) is 11.7. The van der Waals surface area contributed by atoms with Gasteiger partial charge in [-0.2, -0.15) is 5.21 Å². The number of carbonyl (C=O) groups is 1. The van der Waals surface area contributed by atoms with Gasteiger partial charge in [0.15, 0.2) is 5.82 Å². The van der Waals surface area contributed by atoms with Crippen molar-refractivity contribution in [3.05, 3.63) is 5.82 Å². The van der Waals surface area contributed by atoms with Gasteiger partial charge in [-0.05, 0) is 24.7 Å². The highest BCUT2D eigenvalue weighted by Crippen LogP contribution is 2.57. The first-order chi connectivity index (χ1) is 7.36. The molecule has 0 bridgehead atoms. The monoisotopic (exact) mass is 207 g/mol. The second-order valence-electron chi connectivity index (χ2n) is 4.33. The van der Waals surface area contributed by atoms with Crippen LogP contribution in [0.3, 0.4) is 0 Å². The molecule has 6 nitrogen and oxygen atoms in total. The van der Waals surface area contributed by atoms with Gasteiger partial charge >= 0.3 is 0 Å². The fourth-order valence-corrected chi connectivity index (χ4v) is 2.75. The summed E-state index contributed by atoms with van der Waals surface area (Å²) in [7, 11) is 0. The second-order valence-corrected chi connectivity index (χ2v) is 4.33. The molecular weight excluding hydrogens is 194 g/mol. The van der Waals surface area contributed by atoms with Gasteiger partial charge in [-0.25, -0.2) is 0 Å². The van der Waals surface area contributed by atoms with Gasteiger partial charge in [-0.1, -0.05) is 11.6 Å². The number of hydrogen-bond donors (Lipinski definition) is 2. The molecule has 0 spiro atoms. The first kappa shape index (κ1) is 8.82. The molecule has 15 heavy (non-hydrogen) atoms. The van der Waals surface area contributed by atoms with Crippen molar-refractivity contribution in [1.29, 1.82) is 0 Å². The Morgan fingerprint density at radius 3 is 2.93 bits per heavy atom. The summed E-state index contributed by atoms with van der Waals surface area (Å²) < 4.78 is 0. The predicted molar refractivity (Wildman–Crippen MR) is 50.3 cm³/mol. The van der Waals surface area contributed by atoms with Crippen molar-refractivity contribution >= 4 is 5.91 Å². The molecule has 2 aliphatic carbocycles. The van der Waals surface area contributed by atoms with Crippen LogP contribution in [0.15, 0.2) is 0 Å². The van der Waals surface area contributed by atoms with Crippen LogP contribution in [0.1, 0.15) is 25.1 Å². The summed E-state index contributed by atoms with van der Waals surface area (Å²) in [6.07, 6.45) is 3.75. The van der Waals surface area contributed by atoms with Crippen LogP contribution in [0.5, 0.6) is 0 Å². The zero-order chi connectivity index (χ0) is 10.3. The lowest BCUT2D eigenvalue weighted by atomic mass is 10.1. The van der Waals surface area contributed by atoms with Crippen LogP contribution in [-0.4, -0.2) is 26.5 Å². The molecule has 1 aromatic heterocycles. The highest BCUT2D eigenvalue weighted by Gasteiger charge is 2.56. The van der Waals surface area contributed by atoms with Crippen LogP contribution < -0.4 is 5.32 Å². The minimum atomic E-state index is 0.162. The van der Waals surface area contributed by atoms with E-state index in [-0.39, 0.29) is 11.8 Å². The third kappa shape index (κ3) is 1.49. The highest BCUT2D eigenvalue weighted by atomic mass is 16.2. The van der Waals surface area contributed by atoms with Crippen LogP contribution in [0.25, 0.3) is 0 Å². The summed E-state index contributed by atoms with van der Waals surface area (Å²) >= 11 is 0. The molecule has 6 heteroatoms. The third-order valence-electron chi connectivity index (χ3n) is 3.52. The number of rotatable bonds is 3. The number of hydrogen-bond acceptors (Lipinski definition) is 4. The number of H-pyrrole nitrogens is 1. The van der Waals surface area contributed by atoms with E-state index in [0.717, 1.165) is 0 Å². The summed E-state index contributed by atoms with van der Waals surface area (Å²) in [6.45, 7) is 0.380. The van der Waals surface area contributed by atoms with Gasteiger partial charge in [0.05, 0.1) is 6.54 Å². The zero-order valence-electron chi connectivity index (χ0n) is 8.31. The second kappa shape index (κ2) is 3.29. The van der Waals surface area contributed by atoms with Crippen molar-refractivity contribution in [2.75, 3.05) is 0 Å². The van der Waals surface area contributed by atoms with Gasteiger partial charge in [0.1, 0.15) is 0 Å². The Bertz CT molecular complexity index is 353. The number of nitrogens with zero attached hydrogens (tertiary/aromatic N) is 3. The predicted octanol–water partition coefficient (Wildman–Crippen LogP) is -0.138. The van der Waals surface area contributed by atoms with Crippen molar-refractivity contribution in [3.8, 4) is 0 Å². The number of carbonyl (C=O) groups excluding carboxylic acids is 1. The van der Waals surface area contributed by atoms with E-state index in [9.17, 15) is 4.79 Å². The molecule has 2 fully saturated rings. The Morgan fingerprint density at radius 2 is 2.27 bits per heavy atom. The summed E-state index contributed by atoms with van der Waals surface area (Å²) in [5.74, 6) is 2.29. The molecule has 80 valence electrons. The number of aromatic nitrogens is 4. The SMILES string of the molecule is O=C(NCc1nn[nH]n1)C1C2CCCC21. The van der Waals surface area contributed by atoms with E-state index < -0.39 is 0 Å². The standard InChI is InChI=1S/C9H13N5O/c15-9(8-5-2-1-3-6(5)8)10-4-7-11-13-14-12-7/h5-6,8H,1-4H2,(H,10,15)(H,11,12,13,14). The molecule has 0 aromatic carbocycles. The van der Waals surface area contributed by atoms with Crippen LogP contribution >= 0.6 is 0 Å². The smallest absolute Gasteiger partial charge is 0.224 e. The van der Waals surface area contributed by atoms with Crippen LogP contribution in [0.2, 0.25) is 0 Å². The minimum absolute atomic E-state index is 0.162. The third-order valence-corrected chi connectivity index (χ3v) is 3.52. The van der Waals surface area contributed by atoms with Crippen molar-refractivity contribution in [2.45, 2.75) is 25.8 Å². The number of aromatic amines is 1. The van der Waals surface area contributed by atoms with Gasteiger partial charge in [0.2, 0.25) is 5.91 Å². The fraction of sp³-hybridized carbons (Fsp3) is 0.778. The largest absolute Gasteiger partial charge is 0.348 e. The average molecular weight is 207 g/mol. The van der Waals surface area contributed by atoms with Gasteiger partial charge in [0, 0.05) is 5.92 Å². The molecule has 3 rings (SSSR count). The van der Waals surface area contributed by atoms with Crippen molar-refractivity contribution < 1.29 is 4.79 Å². The van der Waals surface area contributed by atoms with Gasteiger partial charge in [-0.15, -0.1) is 10.2 Å². The number of amides is 1. The summed E-state index contributed by atoms with van der Waals surface area (Å²) in [5.41, 5.74) is 0. The van der Waals surface area contributed by atoms with E-state index in [4.69, 9.17) is 0 Å². The Kier molecular flexibility index (Phi) is 1.93. The van der Waals surface area contributed by atoms with E-state index in [0.29, 0.717) is 24.2 Å². The maximum absolute atomic E-state index is 11.7. The molecule has 2 saturated carbocycles. The minimum Gasteiger partial charge on any atom is -0.348 e. The van der Waals surface area contributed by atoms with E-state index in [1.165, 1.54) is 19.3 Å². The van der Waals surface area contributed by atoms with Gasteiger partial charge in [-0.3, -0.25) is 4.79 Å². The molecule has 2 atom stereocenters. The Balaban J connectivity index is 1.50. The Labute approximate surface area is 86.8 Å². The molecule has 1 aromatic rings. The number of fused-ring (bicyclic) bond motifs is 1.